The van der Waals surface area contributed by atoms with Crippen molar-refractivity contribution in [2.75, 3.05) is 6.54 Å². The van der Waals surface area contributed by atoms with E-state index in [0.29, 0.717) is 6.04 Å². The van der Waals surface area contributed by atoms with Crippen LogP contribution in [0.4, 0.5) is 0 Å². The Morgan fingerprint density at radius 2 is 1.90 bits per heavy atom. The minimum atomic E-state index is 0.394. The second-order valence-electron chi connectivity index (χ2n) is 6.05. The van der Waals surface area contributed by atoms with Gasteiger partial charge in [0.25, 0.3) is 0 Å². The summed E-state index contributed by atoms with van der Waals surface area (Å²) in [6.07, 6.45) is 6.72. The van der Waals surface area contributed by atoms with Crippen LogP contribution in [0, 0.1) is 13.8 Å². The molecule has 0 saturated heterocycles. The van der Waals surface area contributed by atoms with Crippen LogP contribution >= 0.6 is 22.7 Å². The molecule has 0 aromatic carbocycles. The minimum absolute atomic E-state index is 0.394. The molecule has 21 heavy (non-hydrogen) atoms. The van der Waals surface area contributed by atoms with Gasteiger partial charge in [0.2, 0.25) is 0 Å². The molecule has 0 fully saturated rings. The lowest BCUT2D eigenvalue weighted by Gasteiger charge is -2.16. The molecule has 1 unspecified atom stereocenters. The quantitative estimate of drug-likeness (QED) is 0.745. The maximum atomic E-state index is 3.71. The highest BCUT2D eigenvalue weighted by Crippen LogP contribution is 2.38. The zero-order valence-corrected chi connectivity index (χ0v) is 14.9. The van der Waals surface area contributed by atoms with Crippen molar-refractivity contribution in [3.05, 3.63) is 42.8 Å². The molecule has 1 aliphatic rings. The van der Waals surface area contributed by atoms with Gasteiger partial charge < -0.3 is 5.32 Å². The van der Waals surface area contributed by atoms with Crippen molar-refractivity contribution in [2.24, 2.45) is 0 Å². The highest BCUT2D eigenvalue weighted by Gasteiger charge is 2.22. The third-order valence-electron chi connectivity index (χ3n) is 4.30. The summed E-state index contributed by atoms with van der Waals surface area (Å²) < 4.78 is 0. The predicted molar refractivity (Wildman–Crippen MR) is 94.9 cm³/mol. The molecule has 1 aliphatic carbocycles. The van der Waals surface area contributed by atoms with Gasteiger partial charge in [-0.15, -0.1) is 22.7 Å². The number of nitrogens with one attached hydrogen (secondary N) is 1. The van der Waals surface area contributed by atoms with E-state index in [2.05, 4.69) is 49.6 Å². The van der Waals surface area contributed by atoms with E-state index in [4.69, 9.17) is 0 Å². The predicted octanol–water partition coefficient (Wildman–Crippen LogP) is 5.39. The molecule has 2 aromatic heterocycles. The van der Waals surface area contributed by atoms with E-state index < -0.39 is 0 Å². The Kier molecular flexibility index (Phi) is 4.82. The van der Waals surface area contributed by atoms with Crippen molar-refractivity contribution < 1.29 is 0 Å². The summed E-state index contributed by atoms with van der Waals surface area (Å²) in [5.41, 5.74) is 3.06. The highest BCUT2D eigenvalue weighted by atomic mass is 32.1. The number of thiophene rings is 2. The Labute approximate surface area is 136 Å². The monoisotopic (exact) mass is 319 g/mol. The molecule has 2 aromatic rings. The van der Waals surface area contributed by atoms with E-state index in [1.165, 1.54) is 52.3 Å². The fraction of sp³-hybridized carbons (Fsp3) is 0.556. The third kappa shape index (κ3) is 3.25. The highest BCUT2D eigenvalue weighted by molar-refractivity contribution is 7.13. The number of hydrogen-bond donors (Lipinski definition) is 1. The summed E-state index contributed by atoms with van der Waals surface area (Å²) in [6.45, 7) is 7.69. The first-order chi connectivity index (χ1) is 10.2. The molecule has 1 atom stereocenters. The van der Waals surface area contributed by atoms with E-state index in [0.717, 1.165) is 6.54 Å². The summed E-state index contributed by atoms with van der Waals surface area (Å²) in [5, 5.41) is 3.71. The maximum Gasteiger partial charge on any atom is 0.0767 e. The van der Waals surface area contributed by atoms with Crippen molar-refractivity contribution in [1.82, 2.24) is 5.32 Å². The largest absolute Gasteiger partial charge is 0.305 e. The zero-order valence-electron chi connectivity index (χ0n) is 13.3. The molecule has 3 rings (SSSR count). The van der Waals surface area contributed by atoms with Crippen molar-refractivity contribution in [1.29, 1.82) is 0 Å². The van der Waals surface area contributed by atoms with Crippen molar-refractivity contribution >= 4 is 22.7 Å². The lowest BCUT2D eigenvalue weighted by Crippen LogP contribution is -2.20. The van der Waals surface area contributed by atoms with E-state index in [-0.39, 0.29) is 0 Å². The van der Waals surface area contributed by atoms with Crippen molar-refractivity contribution in [3.63, 3.8) is 0 Å². The normalized spacial score (nSPS) is 16.5. The van der Waals surface area contributed by atoms with Crippen LogP contribution in [0.5, 0.6) is 0 Å². The van der Waals surface area contributed by atoms with Crippen LogP contribution in [0.3, 0.4) is 0 Å². The van der Waals surface area contributed by atoms with Gasteiger partial charge in [0, 0.05) is 19.5 Å². The van der Waals surface area contributed by atoms with E-state index in [1.807, 2.05) is 11.3 Å². The van der Waals surface area contributed by atoms with Crippen LogP contribution in [0.2, 0.25) is 0 Å². The smallest absolute Gasteiger partial charge is 0.0767 e. The molecule has 1 N–H and O–H groups in total. The SMILES string of the molecule is CCNC(c1cc2c(s1)CCCCC2)c1sc(C)cc1C. The maximum absolute atomic E-state index is 3.71. The summed E-state index contributed by atoms with van der Waals surface area (Å²) in [7, 11) is 0. The Morgan fingerprint density at radius 3 is 2.62 bits per heavy atom. The average Bonchev–Trinajstić information content (AvgIpc) is 2.92. The molecule has 114 valence electrons. The second-order valence-corrected chi connectivity index (χ2v) is 8.51. The molecule has 0 spiro atoms. The van der Waals surface area contributed by atoms with E-state index in [1.54, 1.807) is 10.4 Å². The molecule has 0 aliphatic heterocycles. The first-order valence-electron chi connectivity index (χ1n) is 8.10. The van der Waals surface area contributed by atoms with Crippen LogP contribution in [0.1, 0.15) is 62.9 Å². The average molecular weight is 320 g/mol. The number of rotatable bonds is 4. The lowest BCUT2D eigenvalue weighted by atomic mass is 10.1. The molecular formula is C18H25NS2. The van der Waals surface area contributed by atoms with Crippen LogP contribution < -0.4 is 5.32 Å². The van der Waals surface area contributed by atoms with Gasteiger partial charge >= 0.3 is 0 Å². The number of fused-ring (bicyclic) bond motifs is 1. The fourth-order valence-corrected chi connectivity index (χ4v) is 5.85. The van der Waals surface area contributed by atoms with Crippen LogP contribution in [-0.4, -0.2) is 6.54 Å². The van der Waals surface area contributed by atoms with Gasteiger partial charge in [0.05, 0.1) is 6.04 Å². The molecule has 2 heterocycles. The van der Waals surface area contributed by atoms with Gasteiger partial charge in [0.1, 0.15) is 0 Å². The molecule has 0 bridgehead atoms. The Morgan fingerprint density at radius 1 is 1.10 bits per heavy atom. The van der Waals surface area contributed by atoms with Crippen LogP contribution in [0.25, 0.3) is 0 Å². The Hall–Kier alpha value is -0.640. The van der Waals surface area contributed by atoms with Crippen molar-refractivity contribution in [3.8, 4) is 0 Å². The van der Waals surface area contributed by atoms with Gasteiger partial charge in [0.15, 0.2) is 0 Å². The Balaban J connectivity index is 1.96. The zero-order chi connectivity index (χ0) is 14.8. The van der Waals surface area contributed by atoms with E-state index in [9.17, 15) is 0 Å². The van der Waals surface area contributed by atoms with Crippen LogP contribution in [0.15, 0.2) is 12.1 Å². The first-order valence-corrected chi connectivity index (χ1v) is 9.74. The van der Waals surface area contributed by atoms with Crippen molar-refractivity contribution in [2.45, 2.75) is 58.9 Å². The molecule has 0 radical (unpaired) electrons. The standard InChI is InChI=1S/C18H25NS2/c1-4-19-17(18-12(2)10-13(3)20-18)16-11-14-8-6-5-7-9-15(14)21-16/h10-11,17,19H,4-9H2,1-3H3. The Bertz CT molecular complexity index is 585. The van der Waals surface area contributed by atoms with Gasteiger partial charge in [-0.2, -0.15) is 0 Å². The molecule has 0 saturated carbocycles. The summed E-state index contributed by atoms with van der Waals surface area (Å²) in [5.74, 6) is 0. The molecule has 1 nitrogen and oxygen atoms in total. The van der Waals surface area contributed by atoms with Gasteiger partial charge in [-0.1, -0.05) is 13.3 Å². The number of aryl methyl sites for hydroxylation is 4. The molecule has 3 heteroatoms. The summed E-state index contributed by atoms with van der Waals surface area (Å²) >= 11 is 4.01. The molecular weight excluding hydrogens is 294 g/mol. The molecule has 0 amide bonds. The number of hydrogen-bond acceptors (Lipinski definition) is 3. The summed E-state index contributed by atoms with van der Waals surface area (Å²) in [6, 6.07) is 5.21. The lowest BCUT2D eigenvalue weighted by molar-refractivity contribution is 0.645. The van der Waals surface area contributed by atoms with Crippen LogP contribution in [-0.2, 0) is 12.8 Å². The van der Waals surface area contributed by atoms with Gasteiger partial charge in [-0.3, -0.25) is 0 Å². The first kappa shape index (κ1) is 15.3. The van der Waals surface area contributed by atoms with E-state index >= 15 is 0 Å². The fourth-order valence-electron chi connectivity index (χ4n) is 3.31. The van der Waals surface area contributed by atoms with Gasteiger partial charge in [-0.05, 0) is 69.3 Å². The summed E-state index contributed by atoms with van der Waals surface area (Å²) in [4.78, 5) is 6.10. The third-order valence-corrected chi connectivity index (χ3v) is 6.82. The van der Waals surface area contributed by atoms with Gasteiger partial charge in [-0.25, -0.2) is 0 Å². The minimum Gasteiger partial charge on any atom is -0.305 e. The second kappa shape index (κ2) is 6.64. The topological polar surface area (TPSA) is 12.0 Å².